The SMILES string of the molecule is CC[C@H]1OC(=O)C2=CCN(C2)C(=O)c2coc(n2)CC(F)C[C@H](OC(=O)c2ccc(CN3CCOCC3)cc2)/C=C(C)/C=C/CNC(=O)CC[C@H]1C. The molecule has 1 saturated heterocycles. The fourth-order valence-corrected chi connectivity index (χ4v) is 6.38. The van der Waals surface area contributed by atoms with E-state index in [9.17, 15) is 19.2 Å². The Balaban J connectivity index is 1.29. The quantitative estimate of drug-likeness (QED) is 0.431. The number of fused-ring (bicyclic) bond motifs is 4. The number of ether oxygens (including phenoxy) is 3. The number of hydrogen-bond acceptors (Lipinski definition) is 10. The Labute approximate surface area is 304 Å². The summed E-state index contributed by atoms with van der Waals surface area (Å²) in [7, 11) is 0. The fraction of sp³-hybridized carbons (Fsp3) is 0.513. The molecule has 0 radical (unpaired) electrons. The maximum absolute atomic E-state index is 15.6. The molecule has 4 heterocycles. The van der Waals surface area contributed by atoms with Crippen molar-refractivity contribution >= 4 is 23.8 Å². The number of nitrogens with one attached hydrogen (secondary N) is 1. The molecule has 4 bridgehead atoms. The van der Waals surface area contributed by atoms with Gasteiger partial charge in [0.2, 0.25) is 5.91 Å². The van der Waals surface area contributed by atoms with Crippen LogP contribution in [0.5, 0.6) is 0 Å². The van der Waals surface area contributed by atoms with E-state index < -0.39 is 36.2 Å². The van der Waals surface area contributed by atoms with E-state index in [1.807, 2.05) is 26.0 Å². The number of cyclic esters (lactones) is 1. The number of rotatable bonds is 5. The van der Waals surface area contributed by atoms with Crippen LogP contribution in [-0.4, -0.2) is 103 Å². The molecule has 13 heteroatoms. The molecule has 1 aromatic carbocycles. The second-order valence-electron chi connectivity index (χ2n) is 13.6. The molecule has 1 unspecified atom stereocenters. The van der Waals surface area contributed by atoms with Crippen molar-refractivity contribution in [3.8, 4) is 0 Å². The van der Waals surface area contributed by atoms with Crippen molar-refractivity contribution in [1.82, 2.24) is 20.1 Å². The molecule has 3 aliphatic rings. The van der Waals surface area contributed by atoms with Crippen LogP contribution in [0.1, 0.15) is 78.8 Å². The van der Waals surface area contributed by atoms with Crippen LogP contribution in [0.2, 0.25) is 0 Å². The predicted molar refractivity (Wildman–Crippen MR) is 190 cm³/mol. The summed E-state index contributed by atoms with van der Waals surface area (Å²) in [6.07, 6.45) is 6.10. The van der Waals surface area contributed by atoms with Crippen LogP contribution in [0, 0.1) is 5.92 Å². The zero-order valence-electron chi connectivity index (χ0n) is 30.2. The minimum absolute atomic E-state index is 0.000991. The number of carbonyl (C=O) groups excluding carboxylic acids is 4. The molecule has 280 valence electrons. The number of benzene rings is 1. The first-order chi connectivity index (χ1) is 25.1. The summed E-state index contributed by atoms with van der Waals surface area (Å²) in [4.78, 5) is 60.0. The van der Waals surface area contributed by atoms with E-state index in [0.717, 1.165) is 25.2 Å². The molecule has 1 N–H and O–H groups in total. The summed E-state index contributed by atoms with van der Waals surface area (Å²) in [6, 6.07) is 7.19. The summed E-state index contributed by atoms with van der Waals surface area (Å²) in [5, 5.41) is 2.87. The number of aromatic nitrogens is 1. The Hall–Kier alpha value is -4.62. The van der Waals surface area contributed by atoms with E-state index >= 15 is 4.39 Å². The number of hydrogen-bond donors (Lipinski definition) is 1. The Morgan fingerprint density at radius 1 is 1.13 bits per heavy atom. The molecule has 12 nitrogen and oxygen atoms in total. The van der Waals surface area contributed by atoms with Crippen molar-refractivity contribution in [3.05, 3.63) is 88.7 Å². The largest absolute Gasteiger partial charge is 0.459 e. The van der Waals surface area contributed by atoms with Gasteiger partial charge in [0, 0.05) is 45.6 Å². The highest BCUT2D eigenvalue weighted by Gasteiger charge is 2.30. The maximum atomic E-state index is 15.6. The summed E-state index contributed by atoms with van der Waals surface area (Å²) >= 11 is 0. The number of halogens is 1. The molecule has 0 saturated carbocycles. The van der Waals surface area contributed by atoms with Gasteiger partial charge in [0.25, 0.3) is 5.91 Å². The average Bonchev–Trinajstić information content (AvgIpc) is 3.82. The van der Waals surface area contributed by atoms with Gasteiger partial charge in [-0.05, 0) is 49.5 Å². The molecule has 4 atom stereocenters. The van der Waals surface area contributed by atoms with Gasteiger partial charge in [-0.25, -0.2) is 19.0 Å². The van der Waals surface area contributed by atoms with E-state index in [1.165, 1.54) is 11.2 Å². The molecule has 3 aliphatic heterocycles. The monoisotopic (exact) mass is 720 g/mol. The average molecular weight is 721 g/mol. The molecule has 1 fully saturated rings. The van der Waals surface area contributed by atoms with E-state index in [2.05, 4.69) is 15.2 Å². The molecule has 52 heavy (non-hydrogen) atoms. The van der Waals surface area contributed by atoms with Gasteiger partial charge in [0.05, 0.1) is 37.3 Å². The van der Waals surface area contributed by atoms with Crippen LogP contribution >= 0.6 is 0 Å². The number of alkyl halides is 1. The summed E-state index contributed by atoms with van der Waals surface area (Å²) < 4.78 is 38.1. The van der Waals surface area contributed by atoms with Gasteiger partial charge in [-0.2, -0.15) is 0 Å². The highest BCUT2D eigenvalue weighted by Crippen LogP contribution is 2.22. The second-order valence-corrected chi connectivity index (χ2v) is 13.6. The zero-order valence-corrected chi connectivity index (χ0v) is 30.2. The molecule has 0 spiro atoms. The summed E-state index contributed by atoms with van der Waals surface area (Å²) in [5.41, 5.74) is 2.47. The first kappa shape index (κ1) is 38.6. The number of esters is 2. The van der Waals surface area contributed by atoms with E-state index in [-0.39, 0.29) is 62.3 Å². The Kier molecular flexibility index (Phi) is 13.9. The lowest BCUT2D eigenvalue weighted by molar-refractivity contribution is -0.147. The van der Waals surface area contributed by atoms with Gasteiger partial charge in [0.1, 0.15) is 24.6 Å². The lowest BCUT2D eigenvalue weighted by atomic mass is 9.96. The lowest BCUT2D eigenvalue weighted by Crippen LogP contribution is -2.35. The van der Waals surface area contributed by atoms with Crippen molar-refractivity contribution in [1.29, 1.82) is 0 Å². The van der Waals surface area contributed by atoms with Crippen LogP contribution in [-0.2, 0) is 36.8 Å². The van der Waals surface area contributed by atoms with Crippen molar-refractivity contribution < 1.29 is 42.2 Å². The molecular weight excluding hydrogens is 671 g/mol. The highest BCUT2D eigenvalue weighted by molar-refractivity contribution is 5.96. The number of amides is 2. The van der Waals surface area contributed by atoms with E-state index in [0.29, 0.717) is 42.8 Å². The number of morpholine rings is 1. The minimum Gasteiger partial charge on any atom is -0.459 e. The molecule has 0 aliphatic carbocycles. The fourth-order valence-electron chi connectivity index (χ4n) is 6.38. The minimum atomic E-state index is -1.53. The van der Waals surface area contributed by atoms with Gasteiger partial charge in [0.15, 0.2) is 11.6 Å². The van der Waals surface area contributed by atoms with Crippen molar-refractivity contribution in [3.63, 3.8) is 0 Å². The molecule has 5 rings (SSSR count). The van der Waals surface area contributed by atoms with Crippen molar-refractivity contribution in [2.45, 2.75) is 77.8 Å². The molecule has 1 aromatic heterocycles. The van der Waals surface area contributed by atoms with E-state index in [1.54, 1.807) is 43.4 Å². The van der Waals surface area contributed by atoms with Crippen LogP contribution in [0.25, 0.3) is 0 Å². The number of oxazole rings is 1. The van der Waals surface area contributed by atoms with Crippen LogP contribution in [0.15, 0.2) is 70.4 Å². The Morgan fingerprint density at radius 3 is 2.65 bits per heavy atom. The first-order valence-corrected chi connectivity index (χ1v) is 18.1. The Bertz CT molecular complexity index is 1650. The van der Waals surface area contributed by atoms with Crippen molar-refractivity contribution in [2.24, 2.45) is 5.92 Å². The third kappa shape index (κ3) is 11.2. The molecule has 2 aromatic rings. The number of allylic oxidation sites excluding steroid dienone is 2. The zero-order chi connectivity index (χ0) is 37.0. The van der Waals surface area contributed by atoms with Crippen LogP contribution in [0.4, 0.5) is 4.39 Å². The van der Waals surface area contributed by atoms with Gasteiger partial charge in [-0.3, -0.25) is 14.5 Å². The predicted octanol–water partition coefficient (Wildman–Crippen LogP) is 4.76. The van der Waals surface area contributed by atoms with E-state index in [4.69, 9.17) is 18.6 Å². The van der Waals surface area contributed by atoms with Gasteiger partial charge in [-0.15, -0.1) is 0 Å². The van der Waals surface area contributed by atoms with Gasteiger partial charge < -0.3 is 28.8 Å². The second kappa shape index (κ2) is 18.7. The number of carbonyl (C=O) groups is 4. The third-order valence-electron chi connectivity index (χ3n) is 9.45. The highest BCUT2D eigenvalue weighted by atomic mass is 19.1. The van der Waals surface area contributed by atoms with Gasteiger partial charge >= 0.3 is 11.9 Å². The van der Waals surface area contributed by atoms with Gasteiger partial charge in [-0.1, -0.05) is 49.8 Å². The van der Waals surface area contributed by atoms with Crippen LogP contribution in [0.3, 0.4) is 0 Å². The van der Waals surface area contributed by atoms with Crippen LogP contribution < -0.4 is 5.32 Å². The summed E-state index contributed by atoms with van der Waals surface area (Å²) in [5.74, 6) is -1.73. The third-order valence-corrected chi connectivity index (χ3v) is 9.45. The Morgan fingerprint density at radius 2 is 1.90 bits per heavy atom. The topological polar surface area (TPSA) is 141 Å². The summed E-state index contributed by atoms with van der Waals surface area (Å²) in [6.45, 7) is 10.0. The maximum Gasteiger partial charge on any atom is 0.338 e. The number of nitrogens with zero attached hydrogens (tertiary/aromatic N) is 3. The smallest absolute Gasteiger partial charge is 0.338 e. The molecule has 2 amide bonds. The first-order valence-electron chi connectivity index (χ1n) is 18.1. The normalized spacial score (nSPS) is 26.3. The lowest BCUT2D eigenvalue weighted by Gasteiger charge is -2.26. The molecular formula is C39H49FN4O8. The standard InChI is InChI=1S/C39H49FN4O8/c1-4-34-27(3)7-12-35(45)41-14-5-6-26(2)20-32(51-38(47)29-10-8-28(9-11-29)23-43-16-18-49-19-17-43)21-31(40)22-36-42-33(25-50-36)37(46)44-15-13-30(24-44)39(48)52-34/h5-6,8-11,13,20,25,27,31-32,34H,4,7,12,14-19,21-24H2,1-3H3,(H,41,45)/b6-5+,26-20+/t27-,31?,32-,34-/m1/s1. The van der Waals surface area contributed by atoms with Crippen molar-refractivity contribution in [2.75, 3.05) is 45.9 Å².